The van der Waals surface area contributed by atoms with E-state index in [1.807, 2.05) is 32.0 Å². The van der Waals surface area contributed by atoms with Crippen molar-refractivity contribution in [1.82, 2.24) is 5.32 Å². The first-order valence-electron chi connectivity index (χ1n) is 6.95. The van der Waals surface area contributed by atoms with E-state index in [9.17, 15) is 4.79 Å². The molecule has 0 saturated carbocycles. The Hall–Kier alpha value is -1.43. The Morgan fingerprint density at radius 1 is 1.25 bits per heavy atom. The molecule has 2 rings (SSSR count). The van der Waals surface area contributed by atoms with Crippen LogP contribution < -0.4 is 5.32 Å². The van der Waals surface area contributed by atoms with Gasteiger partial charge in [-0.15, -0.1) is 0 Å². The van der Waals surface area contributed by atoms with Crippen LogP contribution in [0.3, 0.4) is 0 Å². The average Bonchev–Trinajstić information content (AvgIpc) is 2.92. The van der Waals surface area contributed by atoms with Crippen molar-refractivity contribution in [1.29, 1.82) is 0 Å². The summed E-state index contributed by atoms with van der Waals surface area (Å²) in [6, 6.07) is 5.65. The molecule has 5 nitrogen and oxygen atoms in total. The second kappa shape index (κ2) is 7.38. The summed E-state index contributed by atoms with van der Waals surface area (Å²) < 4.78 is 16.1. The van der Waals surface area contributed by atoms with Crippen LogP contribution in [-0.2, 0) is 27.4 Å². The van der Waals surface area contributed by atoms with Gasteiger partial charge in [-0.25, -0.2) is 0 Å². The van der Waals surface area contributed by atoms with Gasteiger partial charge < -0.3 is 19.5 Å². The van der Waals surface area contributed by atoms with E-state index in [0.717, 1.165) is 11.1 Å². The van der Waals surface area contributed by atoms with Gasteiger partial charge in [0.05, 0.1) is 19.8 Å². The van der Waals surface area contributed by atoms with E-state index in [1.165, 1.54) is 0 Å². The van der Waals surface area contributed by atoms with Gasteiger partial charge >= 0.3 is 0 Å². The van der Waals surface area contributed by atoms with Crippen LogP contribution in [0.2, 0.25) is 0 Å². The van der Waals surface area contributed by atoms with Gasteiger partial charge in [0.15, 0.2) is 6.29 Å². The van der Waals surface area contributed by atoms with Crippen LogP contribution in [0.5, 0.6) is 0 Å². The molecule has 5 heteroatoms. The third-order valence-corrected chi connectivity index (χ3v) is 3.12. The van der Waals surface area contributed by atoms with Gasteiger partial charge in [0.25, 0.3) is 5.91 Å². The fraction of sp³-hybridized carbons (Fsp3) is 0.533. The number of fused-ring (bicyclic) bond motifs is 1. The van der Waals surface area contributed by atoms with E-state index in [2.05, 4.69) is 5.32 Å². The highest BCUT2D eigenvalue weighted by molar-refractivity contribution is 5.94. The van der Waals surface area contributed by atoms with Gasteiger partial charge in [-0.1, -0.05) is 6.07 Å². The molecule has 0 spiro atoms. The van der Waals surface area contributed by atoms with E-state index in [1.54, 1.807) is 0 Å². The lowest BCUT2D eigenvalue weighted by Crippen LogP contribution is -2.35. The number of carbonyl (C=O) groups is 1. The van der Waals surface area contributed by atoms with Crippen LogP contribution in [0.25, 0.3) is 0 Å². The predicted octanol–water partition coefficient (Wildman–Crippen LogP) is 1.85. The van der Waals surface area contributed by atoms with Crippen LogP contribution in [0.1, 0.15) is 35.3 Å². The summed E-state index contributed by atoms with van der Waals surface area (Å²) in [5, 5.41) is 2.83. The number of amides is 1. The molecule has 0 unspecified atom stereocenters. The molecule has 110 valence electrons. The molecule has 0 aromatic heterocycles. The van der Waals surface area contributed by atoms with Crippen LogP contribution in [0.15, 0.2) is 18.2 Å². The SMILES string of the molecule is CCOC(CNC(=O)c1ccc2c(c1)COC2)OCC. The topological polar surface area (TPSA) is 56.8 Å². The van der Waals surface area contributed by atoms with E-state index < -0.39 is 6.29 Å². The summed E-state index contributed by atoms with van der Waals surface area (Å²) in [7, 11) is 0. The molecule has 1 aliphatic rings. The first-order valence-corrected chi connectivity index (χ1v) is 6.95. The van der Waals surface area contributed by atoms with Gasteiger partial charge in [-0.05, 0) is 37.1 Å². The van der Waals surface area contributed by atoms with Crippen molar-refractivity contribution < 1.29 is 19.0 Å². The van der Waals surface area contributed by atoms with Crippen molar-refractivity contribution in [2.75, 3.05) is 19.8 Å². The molecule has 1 N–H and O–H groups in total. The maximum Gasteiger partial charge on any atom is 0.251 e. The summed E-state index contributed by atoms with van der Waals surface area (Å²) in [5.74, 6) is -0.121. The van der Waals surface area contributed by atoms with E-state index >= 15 is 0 Å². The number of hydrogen-bond acceptors (Lipinski definition) is 4. The van der Waals surface area contributed by atoms with Crippen LogP contribution in [-0.4, -0.2) is 32.0 Å². The molecular formula is C15H21NO4. The third kappa shape index (κ3) is 3.79. The van der Waals surface area contributed by atoms with Crippen molar-refractivity contribution >= 4 is 5.91 Å². The third-order valence-electron chi connectivity index (χ3n) is 3.12. The Bertz CT molecular complexity index is 455. The standard InChI is InChI=1S/C15H21NO4/c1-3-19-14(20-4-2)8-16-15(17)11-5-6-12-9-18-10-13(12)7-11/h5-7,14H,3-4,8-10H2,1-2H3,(H,16,17). The Balaban J connectivity index is 1.91. The van der Waals surface area contributed by atoms with Crippen LogP contribution in [0.4, 0.5) is 0 Å². The molecule has 1 amide bonds. The summed E-state index contributed by atoms with van der Waals surface area (Å²) in [4.78, 5) is 12.1. The largest absolute Gasteiger partial charge is 0.372 e. The van der Waals surface area contributed by atoms with Crippen molar-refractivity contribution in [3.8, 4) is 0 Å². The lowest BCUT2D eigenvalue weighted by Gasteiger charge is -2.17. The van der Waals surface area contributed by atoms with Gasteiger partial charge in [0, 0.05) is 18.8 Å². The van der Waals surface area contributed by atoms with Crippen molar-refractivity contribution in [3.63, 3.8) is 0 Å². The fourth-order valence-corrected chi connectivity index (χ4v) is 2.13. The Morgan fingerprint density at radius 2 is 1.95 bits per heavy atom. The minimum Gasteiger partial charge on any atom is -0.372 e. The lowest BCUT2D eigenvalue weighted by molar-refractivity contribution is -0.131. The zero-order valence-electron chi connectivity index (χ0n) is 12.0. The van der Waals surface area contributed by atoms with Crippen LogP contribution >= 0.6 is 0 Å². The Kier molecular flexibility index (Phi) is 5.52. The highest BCUT2D eigenvalue weighted by Gasteiger charge is 2.15. The highest BCUT2D eigenvalue weighted by atomic mass is 16.7. The quantitative estimate of drug-likeness (QED) is 0.774. The smallest absolute Gasteiger partial charge is 0.251 e. The van der Waals surface area contributed by atoms with Gasteiger partial charge in [0.1, 0.15) is 0 Å². The van der Waals surface area contributed by atoms with E-state index in [-0.39, 0.29) is 5.91 Å². The maximum atomic E-state index is 12.1. The zero-order valence-corrected chi connectivity index (χ0v) is 12.0. The van der Waals surface area contributed by atoms with Gasteiger partial charge in [0.2, 0.25) is 0 Å². The van der Waals surface area contributed by atoms with Crippen molar-refractivity contribution in [2.45, 2.75) is 33.4 Å². The number of benzene rings is 1. The summed E-state index contributed by atoms with van der Waals surface area (Å²) in [6.07, 6.45) is -0.397. The first kappa shape index (κ1) is 15.0. The van der Waals surface area contributed by atoms with Crippen molar-refractivity contribution in [2.24, 2.45) is 0 Å². The van der Waals surface area contributed by atoms with E-state index in [4.69, 9.17) is 14.2 Å². The molecule has 1 aliphatic heterocycles. The molecule has 20 heavy (non-hydrogen) atoms. The number of ether oxygens (including phenoxy) is 3. The monoisotopic (exact) mass is 279 g/mol. The summed E-state index contributed by atoms with van der Waals surface area (Å²) in [5.41, 5.74) is 2.88. The minimum absolute atomic E-state index is 0.121. The van der Waals surface area contributed by atoms with Crippen molar-refractivity contribution in [3.05, 3.63) is 34.9 Å². The number of hydrogen-bond donors (Lipinski definition) is 1. The lowest BCUT2D eigenvalue weighted by atomic mass is 10.1. The number of nitrogens with one attached hydrogen (secondary N) is 1. The fourth-order valence-electron chi connectivity index (χ4n) is 2.13. The molecule has 0 fully saturated rings. The number of rotatable bonds is 7. The normalized spacial score (nSPS) is 13.6. The summed E-state index contributed by atoms with van der Waals surface area (Å²) in [6.45, 7) is 6.45. The molecule has 0 saturated heterocycles. The summed E-state index contributed by atoms with van der Waals surface area (Å²) >= 11 is 0. The average molecular weight is 279 g/mol. The Labute approximate surface area is 119 Å². The molecule has 0 atom stereocenters. The van der Waals surface area contributed by atoms with Crippen LogP contribution in [0, 0.1) is 0 Å². The maximum absolute atomic E-state index is 12.1. The predicted molar refractivity (Wildman–Crippen MR) is 74.3 cm³/mol. The Morgan fingerprint density at radius 3 is 2.65 bits per heavy atom. The molecular weight excluding hydrogens is 258 g/mol. The molecule has 0 radical (unpaired) electrons. The van der Waals surface area contributed by atoms with Gasteiger partial charge in [-0.3, -0.25) is 4.79 Å². The van der Waals surface area contributed by atoms with Gasteiger partial charge in [-0.2, -0.15) is 0 Å². The zero-order chi connectivity index (χ0) is 14.4. The highest BCUT2D eigenvalue weighted by Crippen LogP contribution is 2.20. The second-order valence-electron chi connectivity index (χ2n) is 4.53. The molecule has 0 aliphatic carbocycles. The van der Waals surface area contributed by atoms with E-state index in [0.29, 0.717) is 38.5 Å². The second-order valence-corrected chi connectivity index (χ2v) is 4.53. The molecule has 1 aromatic rings. The molecule has 1 heterocycles. The number of carbonyl (C=O) groups excluding carboxylic acids is 1. The molecule has 1 aromatic carbocycles. The first-order chi connectivity index (χ1) is 9.74. The minimum atomic E-state index is -0.397. The molecule has 0 bridgehead atoms.